The molecule has 0 aliphatic rings. The summed E-state index contributed by atoms with van der Waals surface area (Å²) in [5, 5.41) is 7.46. The van der Waals surface area contributed by atoms with Gasteiger partial charge in [0.2, 0.25) is 0 Å². The van der Waals surface area contributed by atoms with Crippen LogP contribution in [0.3, 0.4) is 0 Å². The van der Waals surface area contributed by atoms with Crippen LogP contribution in [0.1, 0.15) is 0 Å². The molecule has 5 heteroatoms. The SMILES string of the molecule is c1ccc(-c2nc(-c3cccc(-n4c5ccccc5c5ccccc54)c3)c3c(n2)sc2cc4c(cc23)sc2ccccc24)cc1. The molecule has 0 aliphatic carbocycles. The Labute approximate surface area is 266 Å². The van der Waals surface area contributed by atoms with Crippen LogP contribution in [-0.2, 0) is 0 Å². The topological polar surface area (TPSA) is 30.7 Å². The molecular formula is C40H23N3S2. The van der Waals surface area contributed by atoms with Crippen LogP contribution in [0.25, 0.3) is 90.6 Å². The molecule has 0 unspecified atom stereocenters. The first-order chi connectivity index (χ1) is 22.3. The van der Waals surface area contributed by atoms with E-state index in [-0.39, 0.29) is 0 Å². The van der Waals surface area contributed by atoms with E-state index in [1.807, 2.05) is 17.4 Å². The number of hydrogen-bond acceptors (Lipinski definition) is 4. The Balaban J connectivity index is 1.27. The lowest BCUT2D eigenvalue weighted by Crippen LogP contribution is -1.96. The summed E-state index contributed by atoms with van der Waals surface area (Å²) >= 11 is 3.61. The van der Waals surface area contributed by atoms with Gasteiger partial charge in [-0.15, -0.1) is 22.7 Å². The van der Waals surface area contributed by atoms with Crippen LogP contribution >= 0.6 is 22.7 Å². The molecule has 4 heterocycles. The molecule has 0 aliphatic heterocycles. The van der Waals surface area contributed by atoms with Gasteiger partial charge in [0, 0.05) is 63.2 Å². The lowest BCUT2D eigenvalue weighted by atomic mass is 10.0. The average Bonchev–Trinajstić information content (AvgIpc) is 3.76. The predicted octanol–water partition coefficient (Wildman–Crippen LogP) is 11.6. The van der Waals surface area contributed by atoms with Crippen molar-refractivity contribution in [1.29, 1.82) is 0 Å². The Hall–Kier alpha value is -5.36. The molecule has 0 amide bonds. The van der Waals surface area contributed by atoms with E-state index >= 15 is 0 Å². The molecule has 0 spiro atoms. The van der Waals surface area contributed by atoms with E-state index in [1.165, 1.54) is 52.1 Å². The first kappa shape index (κ1) is 25.0. The molecule has 0 N–H and O–H groups in total. The number of hydrogen-bond donors (Lipinski definition) is 0. The maximum atomic E-state index is 5.32. The number of fused-ring (bicyclic) bond motifs is 9. The summed E-state index contributed by atoms with van der Waals surface area (Å²) < 4.78 is 6.22. The van der Waals surface area contributed by atoms with E-state index in [9.17, 15) is 0 Å². The zero-order chi connectivity index (χ0) is 29.5. The molecule has 45 heavy (non-hydrogen) atoms. The van der Waals surface area contributed by atoms with E-state index in [0.717, 1.165) is 38.5 Å². The predicted molar refractivity (Wildman–Crippen MR) is 193 cm³/mol. The summed E-state index contributed by atoms with van der Waals surface area (Å²) in [4.78, 5) is 11.5. The minimum absolute atomic E-state index is 0.749. The fourth-order valence-electron chi connectivity index (χ4n) is 6.81. The number of rotatable bonds is 3. The number of benzene rings is 6. The molecular weight excluding hydrogens is 587 g/mol. The lowest BCUT2D eigenvalue weighted by Gasteiger charge is -2.12. The van der Waals surface area contributed by atoms with Gasteiger partial charge in [-0.05, 0) is 42.5 Å². The molecule has 0 bridgehead atoms. The van der Waals surface area contributed by atoms with Crippen molar-refractivity contribution in [3.63, 3.8) is 0 Å². The standard InChI is InChI=1S/C40H23N3S2/c1-2-11-24(12-3-1)39-41-38(37-31-23-35-30(22-36(31)45-40(37)42-39)29-17-6-9-20-34(29)44-35)25-13-10-14-26(21-25)43-32-18-7-4-15-27(32)28-16-5-8-19-33(28)43/h1-23H. The van der Waals surface area contributed by atoms with Gasteiger partial charge >= 0.3 is 0 Å². The van der Waals surface area contributed by atoms with Crippen LogP contribution in [0.2, 0.25) is 0 Å². The molecule has 0 radical (unpaired) electrons. The Morgan fingerprint density at radius 3 is 1.89 bits per heavy atom. The highest BCUT2D eigenvalue weighted by Crippen LogP contribution is 2.44. The Kier molecular flexibility index (Phi) is 5.32. The third kappa shape index (κ3) is 3.75. The number of nitrogens with zero attached hydrogens (tertiary/aromatic N) is 3. The quantitative estimate of drug-likeness (QED) is 0.199. The Morgan fingerprint density at radius 2 is 1.09 bits per heavy atom. The van der Waals surface area contributed by atoms with Crippen molar-refractivity contribution in [3.05, 3.63) is 140 Å². The highest BCUT2D eigenvalue weighted by Gasteiger charge is 2.20. The number of aromatic nitrogens is 3. The third-order valence-electron chi connectivity index (χ3n) is 8.82. The first-order valence-corrected chi connectivity index (χ1v) is 16.6. The van der Waals surface area contributed by atoms with Gasteiger partial charge in [-0.2, -0.15) is 0 Å². The van der Waals surface area contributed by atoms with E-state index in [1.54, 1.807) is 11.3 Å². The Bertz CT molecular complexity index is 2710. The maximum absolute atomic E-state index is 5.32. The minimum Gasteiger partial charge on any atom is -0.309 e. The van der Waals surface area contributed by atoms with Crippen LogP contribution in [0.5, 0.6) is 0 Å². The first-order valence-electron chi connectivity index (χ1n) is 15.0. The number of para-hydroxylation sites is 2. The van der Waals surface area contributed by atoms with Crippen molar-refractivity contribution in [2.24, 2.45) is 0 Å². The van der Waals surface area contributed by atoms with E-state index < -0.39 is 0 Å². The minimum atomic E-state index is 0.749. The van der Waals surface area contributed by atoms with Crippen molar-refractivity contribution in [2.75, 3.05) is 0 Å². The summed E-state index contributed by atoms with van der Waals surface area (Å²) in [6.07, 6.45) is 0. The molecule has 3 nitrogen and oxygen atoms in total. The molecule has 4 aromatic heterocycles. The van der Waals surface area contributed by atoms with Crippen molar-refractivity contribution >= 4 is 85.0 Å². The van der Waals surface area contributed by atoms with E-state index in [2.05, 4.69) is 138 Å². The zero-order valence-electron chi connectivity index (χ0n) is 23.9. The second kappa shape index (κ2) is 9.57. The zero-order valence-corrected chi connectivity index (χ0v) is 25.6. The maximum Gasteiger partial charge on any atom is 0.161 e. The number of thiophene rings is 2. The molecule has 6 aromatic carbocycles. The van der Waals surface area contributed by atoms with Gasteiger partial charge in [0.25, 0.3) is 0 Å². The van der Waals surface area contributed by atoms with Gasteiger partial charge in [-0.1, -0.05) is 97.1 Å². The highest BCUT2D eigenvalue weighted by molar-refractivity contribution is 7.27. The van der Waals surface area contributed by atoms with Crippen LogP contribution in [0, 0.1) is 0 Å². The summed E-state index contributed by atoms with van der Waals surface area (Å²) in [5.74, 6) is 0.749. The van der Waals surface area contributed by atoms with Crippen molar-refractivity contribution in [1.82, 2.24) is 14.5 Å². The monoisotopic (exact) mass is 609 g/mol. The van der Waals surface area contributed by atoms with Gasteiger partial charge in [0.1, 0.15) is 4.83 Å². The molecule has 0 atom stereocenters. The molecule has 210 valence electrons. The van der Waals surface area contributed by atoms with Crippen LogP contribution in [0.15, 0.2) is 140 Å². The second-order valence-electron chi connectivity index (χ2n) is 11.4. The van der Waals surface area contributed by atoms with E-state index in [0.29, 0.717) is 0 Å². The molecule has 0 saturated heterocycles. The normalized spacial score (nSPS) is 12.0. The van der Waals surface area contributed by atoms with Gasteiger partial charge in [-0.25, -0.2) is 9.97 Å². The molecule has 0 fully saturated rings. The molecule has 10 aromatic rings. The summed E-state index contributed by atoms with van der Waals surface area (Å²) in [6.45, 7) is 0. The van der Waals surface area contributed by atoms with Gasteiger partial charge < -0.3 is 4.57 Å². The van der Waals surface area contributed by atoms with Crippen molar-refractivity contribution < 1.29 is 0 Å². The fourth-order valence-corrected chi connectivity index (χ4v) is 9.03. The molecule has 0 saturated carbocycles. The van der Waals surface area contributed by atoms with Gasteiger partial charge in [0.05, 0.1) is 16.7 Å². The Morgan fingerprint density at radius 1 is 0.444 bits per heavy atom. The van der Waals surface area contributed by atoms with Crippen LogP contribution in [0.4, 0.5) is 0 Å². The van der Waals surface area contributed by atoms with Crippen molar-refractivity contribution in [3.8, 4) is 28.3 Å². The van der Waals surface area contributed by atoms with Crippen molar-refractivity contribution in [2.45, 2.75) is 0 Å². The highest BCUT2D eigenvalue weighted by atomic mass is 32.1. The van der Waals surface area contributed by atoms with Gasteiger partial charge in [-0.3, -0.25) is 0 Å². The summed E-state index contributed by atoms with van der Waals surface area (Å²) in [6, 6.07) is 49.9. The average molecular weight is 610 g/mol. The summed E-state index contributed by atoms with van der Waals surface area (Å²) in [5.41, 5.74) is 6.57. The van der Waals surface area contributed by atoms with Gasteiger partial charge in [0.15, 0.2) is 5.82 Å². The smallest absolute Gasteiger partial charge is 0.161 e. The summed E-state index contributed by atoms with van der Waals surface area (Å²) in [7, 11) is 0. The molecule has 10 rings (SSSR count). The second-order valence-corrected chi connectivity index (χ2v) is 13.5. The van der Waals surface area contributed by atoms with Crippen LogP contribution in [-0.4, -0.2) is 14.5 Å². The largest absolute Gasteiger partial charge is 0.309 e. The fraction of sp³-hybridized carbons (Fsp3) is 0. The third-order valence-corrected chi connectivity index (χ3v) is 11.0. The van der Waals surface area contributed by atoms with E-state index in [4.69, 9.17) is 9.97 Å². The lowest BCUT2D eigenvalue weighted by molar-refractivity contribution is 1.18. The van der Waals surface area contributed by atoms with Crippen LogP contribution < -0.4 is 0 Å².